The second-order valence-corrected chi connectivity index (χ2v) is 6.48. The van der Waals surface area contributed by atoms with Gasteiger partial charge in [-0.05, 0) is 36.2 Å². The highest BCUT2D eigenvalue weighted by Crippen LogP contribution is 2.32. The Morgan fingerprint density at radius 3 is 2.62 bits per heavy atom. The highest BCUT2D eigenvalue weighted by atomic mass is 79.9. The van der Waals surface area contributed by atoms with Crippen LogP contribution in [0, 0.1) is 6.92 Å². The Morgan fingerprint density at radius 2 is 1.92 bits per heavy atom. The summed E-state index contributed by atoms with van der Waals surface area (Å²) in [5.74, 6) is -0.0494. The van der Waals surface area contributed by atoms with Crippen LogP contribution < -0.4 is 11.5 Å². The Labute approximate surface area is 148 Å². The highest BCUT2D eigenvalue weighted by molar-refractivity contribution is 9.10. The molecule has 0 fully saturated rings. The zero-order chi connectivity index (χ0) is 17.1. The molecule has 0 bridgehead atoms. The first kappa shape index (κ1) is 16.3. The van der Waals surface area contributed by atoms with Crippen LogP contribution in [0.4, 0.5) is 0 Å². The summed E-state index contributed by atoms with van der Waals surface area (Å²) in [5.41, 5.74) is 16.3. The first-order valence-electron chi connectivity index (χ1n) is 7.52. The molecule has 0 atom stereocenters. The Hall–Kier alpha value is -2.60. The third-order valence-corrected chi connectivity index (χ3v) is 4.25. The molecule has 1 aromatic heterocycles. The molecule has 122 valence electrons. The largest absolute Gasteiger partial charge is 0.369 e. The van der Waals surface area contributed by atoms with E-state index in [1.165, 1.54) is 5.56 Å². The summed E-state index contributed by atoms with van der Waals surface area (Å²) in [6.45, 7) is 2.08. The molecule has 3 aromatic rings. The Bertz CT molecular complexity index is 918. The summed E-state index contributed by atoms with van der Waals surface area (Å²) in [6.07, 6.45) is 2.33. The number of halogens is 1. The maximum absolute atomic E-state index is 5.30. The normalized spacial score (nSPS) is 11.2. The number of H-pyrrole nitrogens is 1. The van der Waals surface area contributed by atoms with Gasteiger partial charge in [-0.3, -0.25) is 0 Å². The van der Waals surface area contributed by atoms with E-state index in [0.717, 1.165) is 32.2 Å². The third kappa shape index (κ3) is 3.49. The van der Waals surface area contributed by atoms with E-state index in [0.29, 0.717) is 6.42 Å². The minimum absolute atomic E-state index is 0.0494. The Morgan fingerprint density at radius 1 is 1.17 bits per heavy atom. The van der Waals surface area contributed by atoms with Crippen LogP contribution in [-0.4, -0.2) is 17.2 Å². The molecule has 1 heterocycles. The van der Waals surface area contributed by atoms with E-state index in [1.54, 1.807) is 6.21 Å². The molecule has 24 heavy (non-hydrogen) atoms. The summed E-state index contributed by atoms with van der Waals surface area (Å²) in [5, 5.41) is 8.72. The average Bonchev–Trinajstić information content (AvgIpc) is 2.90. The van der Waals surface area contributed by atoms with Gasteiger partial charge in [-0.2, -0.15) is 5.10 Å². The number of nitrogens with one attached hydrogen (secondary N) is 1. The highest BCUT2D eigenvalue weighted by Gasteiger charge is 2.12. The minimum atomic E-state index is -0.0494. The zero-order valence-corrected chi connectivity index (χ0v) is 14.8. The van der Waals surface area contributed by atoms with E-state index in [2.05, 4.69) is 74.4 Å². The topological polar surface area (TPSA) is 92.5 Å². The van der Waals surface area contributed by atoms with Gasteiger partial charge in [0, 0.05) is 28.0 Å². The lowest BCUT2D eigenvalue weighted by Crippen LogP contribution is -2.21. The van der Waals surface area contributed by atoms with Crippen molar-refractivity contribution in [3.05, 3.63) is 58.1 Å². The Kier molecular flexibility index (Phi) is 4.66. The number of hydrogen-bond acceptors (Lipinski definition) is 2. The van der Waals surface area contributed by atoms with Gasteiger partial charge >= 0.3 is 0 Å². The SMILES string of the molecule is Cc1ccc(-c2[nH]c3ccc(Br)cc3c2C/C=N/N=C(N)N)cc1. The van der Waals surface area contributed by atoms with Gasteiger partial charge in [0.15, 0.2) is 0 Å². The van der Waals surface area contributed by atoms with Gasteiger partial charge in [0.2, 0.25) is 5.96 Å². The molecule has 0 saturated heterocycles. The fraction of sp³-hybridized carbons (Fsp3) is 0.111. The van der Waals surface area contributed by atoms with E-state index in [4.69, 9.17) is 11.5 Å². The number of aromatic nitrogens is 1. The van der Waals surface area contributed by atoms with Gasteiger partial charge in [0.05, 0.1) is 5.69 Å². The van der Waals surface area contributed by atoms with Crippen molar-refractivity contribution in [2.45, 2.75) is 13.3 Å². The lowest BCUT2D eigenvalue weighted by atomic mass is 10.0. The monoisotopic (exact) mass is 383 g/mol. The molecule has 0 amide bonds. The number of fused-ring (bicyclic) bond motifs is 1. The van der Waals surface area contributed by atoms with Crippen LogP contribution in [0.2, 0.25) is 0 Å². The molecule has 0 aliphatic heterocycles. The number of aromatic amines is 1. The van der Waals surface area contributed by atoms with Gasteiger partial charge in [-0.15, -0.1) is 5.10 Å². The number of nitrogens with two attached hydrogens (primary N) is 2. The molecular weight excluding hydrogens is 366 g/mol. The third-order valence-electron chi connectivity index (χ3n) is 3.76. The summed E-state index contributed by atoms with van der Waals surface area (Å²) < 4.78 is 1.03. The van der Waals surface area contributed by atoms with E-state index in [-0.39, 0.29) is 5.96 Å². The van der Waals surface area contributed by atoms with Crippen molar-refractivity contribution in [3.63, 3.8) is 0 Å². The fourth-order valence-corrected chi connectivity index (χ4v) is 3.00. The molecule has 3 rings (SSSR count). The Balaban J connectivity index is 2.10. The lowest BCUT2D eigenvalue weighted by molar-refractivity contribution is 1.19. The van der Waals surface area contributed by atoms with Crippen LogP contribution in [0.5, 0.6) is 0 Å². The molecule has 5 N–H and O–H groups in total. The molecule has 5 nitrogen and oxygen atoms in total. The quantitative estimate of drug-likeness (QED) is 0.364. The van der Waals surface area contributed by atoms with Gasteiger partial charge < -0.3 is 16.5 Å². The van der Waals surface area contributed by atoms with Crippen molar-refractivity contribution in [3.8, 4) is 11.3 Å². The van der Waals surface area contributed by atoms with Crippen molar-refractivity contribution >= 4 is 39.0 Å². The van der Waals surface area contributed by atoms with Crippen LogP contribution in [0.3, 0.4) is 0 Å². The molecule has 0 saturated carbocycles. The van der Waals surface area contributed by atoms with Crippen molar-refractivity contribution in [1.82, 2.24) is 4.98 Å². The molecule has 6 heteroatoms. The van der Waals surface area contributed by atoms with Gasteiger partial charge in [-0.1, -0.05) is 45.8 Å². The van der Waals surface area contributed by atoms with Crippen LogP contribution in [-0.2, 0) is 6.42 Å². The van der Waals surface area contributed by atoms with Crippen LogP contribution in [0.1, 0.15) is 11.1 Å². The van der Waals surface area contributed by atoms with E-state index >= 15 is 0 Å². The maximum atomic E-state index is 5.30. The molecule has 0 aliphatic rings. The van der Waals surface area contributed by atoms with Crippen LogP contribution in [0.15, 0.2) is 57.1 Å². The molecule has 2 aromatic carbocycles. The maximum Gasteiger partial charge on any atom is 0.211 e. The summed E-state index contributed by atoms with van der Waals surface area (Å²) in [4.78, 5) is 3.51. The van der Waals surface area contributed by atoms with Crippen LogP contribution in [0.25, 0.3) is 22.2 Å². The molecular formula is C18H18BrN5. The van der Waals surface area contributed by atoms with Crippen molar-refractivity contribution in [2.24, 2.45) is 21.7 Å². The number of nitrogens with zero attached hydrogens (tertiary/aromatic N) is 2. The predicted molar refractivity (Wildman–Crippen MR) is 104 cm³/mol. The van der Waals surface area contributed by atoms with E-state index in [9.17, 15) is 0 Å². The molecule has 0 aliphatic carbocycles. The summed E-state index contributed by atoms with van der Waals surface area (Å²) in [7, 11) is 0. The lowest BCUT2D eigenvalue weighted by Gasteiger charge is -2.03. The zero-order valence-electron chi connectivity index (χ0n) is 13.3. The van der Waals surface area contributed by atoms with Crippen molar-refractivity contribution < 1.29 is 0 Å². The summed E-state index contributed by atoms with van der Waals surface area (Å²) >= 11 is 3.54. The van der Waals surface area contributed by atoms with Gasteiger partial charge in [0.25, 0.3) is 0 Å². The smallest absolute Gasteiger partial charge is 0.211 e. The number of benzene rings is 2. The van der Waals surface area contributed by atoms with Crippen molar-refractivity contribution in [1.29, 1.82) is 0 Å². The number of rotatable bonds is 4. The molecule has 0 spiro atoms. The first-order valence-corrected chi connectivity index (χ1v) is 8.31. The van der Waals surface area contributed by atoms with Crippen molar-refractivity contribution in [2.75, 3.05) is 0 Å². The van der Waals surface area contributed by atoms with Gasteiger partial charge in [-0.25, -0.2) is 0 Å². The first-order chi connectivity index (χ1) is 11.5. The van der Waals surface area contributed by atoms with E-state index in [1.807, 2.05) is 6.07 Å². The molecule has 0 radical (unpaired) electrons. The molecule has 0 unspecified atom stereocenters. The number of guanidine groups is 1. The summed E-state index contributed by atoms with van der Waals surface area (Å²) in [6, 6.07) is 14.6. The van der Waals surface area contributed by atoms with Crippen LogP contribution >= 0.6 is 15.9 Å². The minimum Gasteiger partial charge on any atom is -0.369 e. The van der Waals surface area contributed by atoms with Gasteiger partial charge in [0.1, 0.15) is 0 Å². The standard InChI is InChI=1S/C18H18BrN5/c1-11-2-4-12(5-3-11)17-14(8-9-22-24-18(20)21)15-10-13(19)6-7-16(15)23-17/h2-7,9-10,23H,8H2,1H3,(H4,20,21,24)/b22-9+. The number of aryl methyl sites for hydroxylation is 1. The van der Waals surface area contributed by atoms with E-state index < -0.39 is 0 Å². The predicted octanol–water partition coefficient (Wildman–Crippen LogP) is 3.71. The second-order valence-electron chi connectivity index (χ2n) is 5.56. The number of hydrogen-bond donors (Lipinski definition) is 3. The second kappa shape index (κ2) is 6.88. The fourth-order valence-electron chi connectivity index (χ4n) is 2.64. The average molecular weight is 384 g/mol.